The van der Waals surface area contributed by atoms with E-state index in [1.807, 2.05) is 18.7 Å². The summed E-state index contributed by atoms with van der Waals surface area (Å²) in [5.74, 6) is 1.18. The lowest BCUT2D eigenvalue weighted by molar-refractivity contribution is 0.146. The first-order valence-electron chi connectivity index (χ1n) is 10.3. The standard InChI is InChI=1S/C21H35N3O2S/c1-3-17-26-21(25)22-11-7-8-12-23-13-15-24(16-14-23)19-9-5-6-10-20(19)27-18-4-2/h5-6,9-10H,3-4,7-8,11-18H2,1-2H3,(H,22,25). The molecule has 27 heavy (non-hydrogen) atoms. The fourth-order valence-electron chi connectivity index (χ4n) is 3.16. The molecule has 0 aromatic heterocycles. The summed E-state index contributed by atoms with van der Waals surface area (Å²) in [6.07, 6.45) is 3.89. The molecular formula is C21H35N3O2S. The van der Waals surface area contributed by atoms with E-state index in [9.17, 15) is 4.79 Å². The molecule has 0 aliphatic carbocycles. The number of hydrogen-bond donors (Lipinski definition) is 1. The van der Waals surface area contributed by atoms with Crippen LogP contribution >= 0.6 is 11.8 Å². The van der Waals surface area contributed by atoms with Gasteiger partial charge in [-0.15, -0.1) is 11.8 Å². The Kier molecular flexibility index (Phi) is 10.5. The molecule has 5 nitrogen and oxygen atoms in total. The molecule has 0 atom stereocenters. The zero-order chi connectivity index (χ0) is 19.3. The van der Waals surface area contributed by atoms with Crippen LogP contribution in [0, 0.1) is 0 Å². The third-order valence-corrected chi connectivity index (χ3v) is 5.92. The van der Waals surface area contributed by atoms with Crippen molar-refractivity contribution >= 4 is 23.5 Å². The molecule has 0 unspecified atom stereocenters. The molecule has 0 radical (unpaired) electrons. The van der Waals surface area contributed by atoms with Gasteiger partial charge in [0.25, 0.3) is 0 Å². The van der Waals surface area contributed by atoms with Crippen LogP contribution in [0.4, 0.5) is 10.5 Å². The number of para-hydroxylation sites is 1. The number of alkyl carbamates (subject to hydrolysis) is 1. The smallest absolute Gasteiger partial charge is 0.407 e. The van der Waals surface area contributed by atoms with E-state index in [2.05, 4.69) is 46.3 Å². The average Bonchev–Trinajstić information content (AvgIpc) is 2.71. The molecule has 0 bridgehead atoms. The first-order chi connectivity index (χ1) is 13.2. The molecule has 1 N–H and O–H groups in total. The number of anilines is 1. The van der Waals surface area contributed by atoms with Crippen molar-refractivity contribution in [3.63, 3.8) is 0 Å². The zero-order valence-electron chi connectivity index (χ0n) is 16.9. The third kappa shape index (κ3) is 8.01. The number of piperazine rings is 1. The van der Waals surface area contributed by atoms with Gasteiger partial charge >= 0.3 is 6.09 Å². The maximum Gasteiger partial charge on any atom is 0.407 e. The predicted molar refractivity (Wildman–Crippen MR) is 115 cm³/mol. The topological polar surface area (TPSA) is 44.8 Å². The largest absolute Gasteiger partial charge is 0.450 e. The first-order valence-corrected chi connectivity index (χ1v) is 11.3. The normalized spacial score (nSPS) is 15.0. The van der Waals surface area contributed by atoms with E-state index in [1.165, 1.54) is 22.8 Å². The Balaban J connectivity index is 1.64. The molecule has 1 aliphatic rings. The van der Waals surface area contributed by atoms with Gasteiger partial charge in [0.1, 0.15) is 0 Å². The molecule has 1 fully saturated rings. The summed E-state index contributed by atoms with van der Waals surface area (Å²) in [6.45, 7) is 10.9. The van der Waals surface area contributed by atoms with Crippen molar-refractivity contribution in [3.8, 4) is 0 Å². The van der Waals surface area contributed by atoms with E-state index >= 15 is 0 Å². The maximum atomic E-state index is 11.4. The molecule has 0 spiro atoms. The van der Waals surface area contributed by atoms with Gasteiger partial charge in [0.05, 0.1) is 12.3 Å². The number of benzene rings is 1. The quantitative estimate of drug-likeness (QED) is 0.450. The van der Waals surface area contributed by atoms with E-state index in [0.29, 0.717) is 13.2 Å². The van der Waals surface area contributed by atoms with Crippen LogP contribution in [0.1, 0.15) is 39.5 Å². The number of amides is 1. The van der Waals surface area contributed by atoms with Crippen molar-refractivity contribution in [3.05, 3.63) is 24.3 Å². The SMILES string of the molecule is CCCOC(=O)NCCCCN1CCN(c2ccccc2SCCC)CC1. The van der Waals surface area contributed by atoms with Crippen molar-refractivity contribution < 1.29 is 9.53 Å². The van der Waals surface area contributed by atoms with Crippen LogP contribution in [0.15, 0.2) is 29.2 Å². The van der Waals surface area contributed by atoms with E-state index in [0.717, 1.165) is 52.0 Å². The van der Waals surface area contributed by atoms with Gasteiger partial charge in [-0.2, -0.15) is 0 Å². The molecule has 1 amide bonds. The predicted octanol–water partition coefficient (Wildman–Crippen LogP) is 4.23. The fourth-order valence-corrected chi connectivity index (χ4v) is 4.11. The number of carbonyl (C=O) groups is 1. The number of nitrogens with zero attached hydrogens (tertiary/aromatic N) is 2. The minimum absolute atomic E-state index is 0.287. The third-order valence-electron chi connectivity index (χ3n) is 4.65. The highest BCUT2D eigenvalue weighted by molar-refractivity contribution is 7.99. The molecule has 1 aromatic carbocycles. The van der Waals surface area contributed by atoms with Gasteiger partial charge in [-0.25, -0.2) is 4.79 Å². The second-order valence-electron chi connectivity index (χ2n) is 6.91. The highest BCUT2D eigenvalue weighted by atomic mass is 32.2. The van der Waals surface area contributed by atoms with E-state index in [1.54, 1.807) is 0 Å². The number of thioether (sulfide) groups is 1. The van der Waals surface area contributed by atoms with Crippen molar-refractivity contribution in [2.45, 2.75) is 44.4 Å². The van der Waals surface area contributed by atoms with Crippen LogP contribution in [0.25, 0.3) is 0 Å². The molecule has 1 aliphatic heterocycles. The van der Waals surface area contributed by atoms with E-state index < -0.39 is 0 Å². The highest BCUT2D eigenvalue weighted by Gasteiger charge is 2.18. The second-order valence-corrected chi connectivity index (χ2v) is 8.05. The van der Waals surface area contributed by atoms with Crippen molar-refractivity contribution in [2.75, 3.05) is 56.5 Å². The Bertz CT molecular complexity index is 548. The molecule has 1 aromatic rings. The van der Waals surface area contributed by atoms with Gasteiger partial charge in [-0.3, -0.25) is 4.90 Å². The lowest BCUT2D eigenvalue weighted by Crippen LogP contribution is -2.46. The number of hydrogen-bond acceptors (Lipinski definition) is 5. The Morgan fingerprint density at radius 2 is 1.89 bits per heavy atom. The van der Waals surface area contributed by atoms with Crippen LogP contribution in [0.2, 0.25) is 0 Å². The Hall–Kier alpha value is -1.40. The molecule has 152 valence electrons. The Morgan fingerprint density at radius 1 is 1.11 bits per heavy atom. The van der Waals surface area contributed by atoms with Crippen molar-refractivity contribution in [1.82, 2.24) is 10.2 Å². The van der Waals surface area contributed by atoms with Crippen LogP contribution in [0.3, 0.4) is 0 Å². The molecule has 1 heterocycles. The lowest BCUT2D eigenvalue weighted by Gasteiger charge is -2.37. The minimum Gasteiger partial charge on any atom is -0.450 e. The van der Waals surface area contributed by atoms with Gasteiger partial charge in [0.15, 0.2) is 0 Å². The monoisotopic (exact) mass is 393 g/mol. The van der Waals surface area contributed by atoms with Crippen LogP contribution in [0.5, 0.6) is 0 Å². The van der Waals surface area contributed by atoms with Gasteiger partial charge < -0.3 is 15.0 Å². The first kappa shape index (κ1) is 21.9. The highest BCUT2D eigenvalue weighted by Crippen LogP contribution is 2.31. The van der Waals surface area contributed by atoms with Crippen LogP contribution in [-0.4, -0.2) is 62.6 Å². The lowest BCUT2D eigenvalue weighted by atomic mass is 10.2. The number of ether oxygens (including phenoxy) is 1. The summed E-state index contributed by atoms with van der Waals surface area (Å²) in [5, 5.41) is 2.82. The number of unbranched alkanes of at least 4 members (excludes halogenated alkanes) is 1. The molecule has 2 rings (SSSR count). The second kappa shape index (κ2) is 12.9. The van der Waals surface area contributed by atoms with E-state index in [4.69, 9.17) is 4.74 Å². The summed E-state index contributed by atoms with van der Waals surface area (Å²) in [7, 11) is 0. The summed E-state index contributed by atoms with van der Waals surface area (Å²) in [4.78, 5) is 17.9. The average molecular weight is 394 g/mol. The minimum atomic E-state index is -0.287. The molecule has 0 saturated carbocycles. The maximum absolute atomic E-state index is 11.4. The number of rotatable bonds is 11. The summed E-state index contributed by atoms with van der Waals surface area (Å²) < 4.78 is 5.01. The van der Waals surface area contributed by atoms with Gasteiger partial charge in [0, 0.05) is 37.6 Å². The van der Waals surface area contributed by atoms with Gasteiger partial charge in [-0.1, -0.05) is 26.0 Å². The number of carbonyl (C=O) groups excluding carboxylic acids is 1. The fraction of sp³-hybridized carbons (Fsp3) is 0.667. The Labute approximate surface area is 168 Å². The Morgan fingerprint density at radius 3 is 2.63 bits per heavy atom. The van der Waals surface area contributed by atoms with Crippen LogP contribution in [-0.2, 0) is 4.74 Å². The zero-order valence-corrected chi connectivity index (χ0v) is 17.7. The molecular weight excluding hydrogens is 358 g/mol. The van der Waals surface area contributed by atoms with E-state index in [-0.39, 0.29) is 6.09 Å². The van der Waals surface area contributed by atoms with Crippen molar-refractivity contribution in [1.29, 1.82) is 0 Å². The van der Waals surface area contributed by atoms with Gasteiger partial charge in [-0.05, 0) is 50.1 Å². The van der Waals surface area contributed by atoms with Crippen LogP contribution < -0.4 is 10.2 Å². The summed E-state index contributed by atoms with van der Waals surface area (Å²) >= 11 is 1.97. The summed E-state index contributed by atoms with van der Waals surface area (Å²) in [5.41, 5.74) is 1.39. The number of nitrogens with one attached hydrogen (secondary N) is 1. The molecule has 1 saturated heterocycles. The molecule has 6 heteroatoms. The van der Waals surface area contributed by atoms with Crippen molar-refractivity contribution in [2.24, 2.45) is 0 Å². The summed E-state index contributed by atoms with van der Waals surface area (Å²) in [6, 6.07) is 8.80. The van der Waals surface area contributed by atoms with Gasteiger partial charge in [0.2, 0.25) is 0 Å².